The number of aromatic nitrogens is 2. The Hall–Kier alpha value is -3.58. The number of nitrogens with zero attached hydrogens (tertiary/aromatic N) is 4. The highest BCUT2D eigenvalue weighted by Crippen LogP contribution is 2.37. The zero-order chi connectivity index (χ0) is 22.0. The van der Waals surface area contributed by atoms with Gasteiger partial charge in [0.2, 0.25) is 0 Å². The Bertz CT molecular complexity index is 1140. The number of fused-ring (bicyclic) bond motifs is 2. The fourth-order valence-corrected chi connectivity index (χ4v) is 3.97. The van der Waals surface area contributed by atoms with E-state index in [1.807, 2.05) is 60.0 Å². The highest BCUT2D eigenvalue weighted by molar-refractivity contribution is 5.98. The summed E-state index contributed by atoms with van der Waals surface area (Å²) in [4.78, 5) is 21.2. The Morgan fingerprint density at radius 3 is 2.71 bits per heavy atom. The molecular weight excluding hydrogens is 390 g/mol. The molecule has 3 aromatic rings. The van der Waals surface area contributed by atoms with E-state index in [1.54, 1.807) is 4.90 Å². The minimum absolute atomic E-state index is 0.0433. The molecule has 31 heavy (non-hydrogen) atoms. The maximum atomic E-state index is 12.3. The van der Waals surface area contributed by atoms with E-state index in [0.717, 1.165) is 41.4 Å². The second-order valence-corrected chi connectivity index (χ2v) is 7.48. The normalized spacial score (nSPS) is 13.4. The molecule has 0 saturated carbocycles. The first-order chi connectivity index (χ1) is 15.0. The van der Waals surface area contributed by atoms with E-state index in [0.29, 0.717) is 24.5 Å². The van der Waals surface area contributed by atoms with Gasteiger partial charge in [-0.25, -0.2) is 4.98 Å². The number of hydrogen-bond donors (Lipinski definition) is 1. The molecule has 0 radical (unpaired) electrons. The van der Waals surface area contributed by atoms with Crippen LogP contribution in [-0.2, 0) is 11.3 Å². The van der Waals surface area contributed by atoms with Gasteiger partial charge in [-0.05, 0) is 37.3 Å². The van der Waals surface area contributed by atoms with Crippen LogP contribution in [0.5, 0.6) is 5.75 Å². The summed E-state index contributed by atoms with van der Waals surface area (Å²) in [6.45, 7) is 12.4. The molecule has 3 heterocycles. The third-order valence-electron chi connectivity index (χ3n) is 5.38. The van der Waals surface area contributed by atoms with E-state index < -0.39 is 0 Å². The molecular formula is C24H27N5O2. The average molecular weight is 418 g/mol. The summed E-state index contributed by atoms with van der Waals surface area (Å²) in [5, 5.41) is 0. The van der Waals surface area contributed by atoms with Gasteiger partial charge in [-0.15, -0.1) is 13.2 Å². The summed E-state index contributed by atoms with van der Waals surface area (Å²) in [6, 6.07) is 9.64. The second-order valence-electron chi connectivity index (χ2n) is 7.48. The van der Waals surface area contributed by atoms with Gasteiger partial charge in [-0.1, -0.05) is 12.2 Å². The number of amides is 1. The van der Waals surface area contributed by atoms with Gasteiger partial charge in [0.05, 0.1) is 17.1 Å². The minimum atomic E-state index is -0.0433. The van der Waals surface area contributed by atoms with Crippen molar-refractivity contribution < 1.29 is 9.53 Å². The lowest BCUT2D eigenvalue weighted by Crippen LogP contribution is -2.38. The number of rotatable bonds is 8. The van der Waals surface area contributed by atoms with Gasteiger partial charge in [-0.2, -0.15) is 0 Å². The Morgan fingerprint density at radius 2 is 2.00 bits per heavy atom. The van der Waals surface area contributed by atoms with Crippen LogP contribution in [0.2, 0.25) is 0 Å². The van der Waals surface area contributed by atoms with Gasteiger partial charge in [0, 0.05) is 43.6 Å². The molecule has 0 bridgehead atoms. The van der Waals surface area contributed by atoms with E-state index in [9.17, 15) is 4.79 Å². The van der Waals surface area contributed by atoms with Gasteiger partial charge >= 0.3 is 0 Å². The molecule has 2 aromatic heterocycles. The number of anilines is 2. The first-order valence-electron chi connectivity index (χ1n) is 10.3. The lowest BCUT2D eigenvalue weighted by Gasteiger charge is -2.28. The number of likely N-dealkylation sites (N-methyl/N-ethyl adjacent to an activating group) is 1. The maximum Gasteiger partial charge on any atom is 0.265 e. The molecule has 1 amide bonds. The quantitative estimate of drug-likeness (QED) is 0.568. The van der Waals surface area contributed by atoms with E-state index >= 15 is 0 Å². The summed E-state index contributed by atoms with van der Waals surface area (Å²) < 4.78 is 7.66. The number of ether oxygens (including phenoxy) is 1. The van der Waals surface area contributed by atoms with Crippen LogP contribution in [0.15, 0.2) is 61.8 Å². The summed E-state index contributed by atoms with van der Waals surface area (Å²) in [7, 11) is 0. The Morgan fingerprint density at radius 1 is 1.23 bits per heavy atom. The predicted molar refractivity (Wildman–Crippen MR) is 124 cm³/mol. The molecule has 1 aromatic carbocycles. The van der Waals surface area contributed by atoms with Crippen molar-refractivity contribution in [1.82, 2.24) is 14.3 Å². The number of imidazole rings is 1. The molecule has 7 nitrogen and oxygen atoms in total. The van der Waals surface area contributed by atoms with Crippen molar-refractivity contribution in [3.63, 3.8) is 0 Å². The number of carbonyl (C=O) groups excluding carboxylic acids is 1. The van der Waals surface area contributed by atoms with Crippen molar-refractivity contribution in [3.8, 4) is 17.0 Å². The smallest absolute Gasteiger partial charge is 0.265 e. The zero-order valence-corrected chi connectivity index (χ0v) is 17.8. The molecule has 1 aliphatic heterocycles. The van der Waals surface area contributed by atoms with E-state index in [4.69, 9.17) is 15.5 Å². The van der Waals surface area contributed by atoms with Crippen LogP contribution >= 0.6 is 0 Å². The highest BCUT2D eigenvalue weighted by Gasteiger charge is 2.26. The molecule has 0 fully saturated rings. The molecule has 7 heteroatoms. The number of hydrogen-bond acceptors (Lipinski definition) is 5. The van der Waals surface area contributed by atoms with Crippen molar-refractivity contribution in [2.75, 3.05) is 36.9 Å². The Labute approximate surface area is 182 Å². The van der Waals surface area contributed by atoms with Crippen molar-refractivity contribution in [1.29, 1.82) is 0 Å². The summed E-state index contributed by atoms with van der Waals surface area (Å²) in [5.41, 5.74) is 11.1. The van der Waals surface area contributed by atoms with E-state index in [2.05, 4.69) is 18.1 Å². The highest BCUT2D eigenvalue weighted by atomic mass is 16.5. The first kappa shape index (κ1) is 20.7. The molecule has 1 aliphatic rings. The zero-order valence-electron chi connectivity index (χ0n) is 17.8. The fourth-order valence-electron chi connectivity index (χ4n) is 3.97. The second kappa shape index (κ2) is 8.65. The Kier molecular flexibility index (Phi) is 5.77. The van der Waals surface area contributed by atoms with Gasteiger partial charge in [0.15, 0.2) is 6.61 Å². The molecule has 0 atom stereocenters. The number of pyridine rings is 1. The van der Waals surface area contributed by atoms with E-state index in [1.165, 1.54) is 0 Å². The van der Waals surface area contributed by atoms with Crippen LogP contribution in [0.4, 0.5) is 11.4 Å². The van der Waals surface area contributed by atoms with E-state index in [-0.39, 0.29) is 12.5 Å². The third kappa shape index (κ3) is 3.92. The van der Waals surface area contributed by atoms with Crippen LogP contribution in [0.25, 0.3) is 16.9 Å². The van der Waals surface area contributed by atoms with Crippen LogP contribution in [0, 0.1) is 0 Å². The topological polar surface area (TPSA) is 76.1 Å². The van der Waals surface area contributed by atoms with Gasteiger partial charge in [-0.3, -0.25) is 9.69 Å². The standard InChI is InChI=1S/C24H27N5O2/c1-4-11-27(12-5-2)15-20-24(26-22-10-8-18(25)14-29(20)22)17-7-9-21-19(13-17)28(6-3)23(30)16-31-21/h4-5,7-10,13-14H,1-2,6,11-12,15-16,25H2,3H3. The van der Waals surface area contributed by atoms with Crippen molar-refractivity contribution in [2.45, 2.75) is 13.5 Å². The van der Waals surface area contributed by atoms with Crippen LogP contribution in [0.3, 0.4) is 0 Å². The molecule has 0 unspecified atom stereocenters. The van der Waals surface area contributed by atoms with Crippen molar-refractivity contribution >= 4 is 22.9 Å². The van der Waals surface area contributed by atoms with Crippen LogP contribution in [-0.4, -0.2) is 46.4 Å². The molecule has 0 aliphatic carbocycles. The lowest BCUT2D eigenvalue weighted by atomic mass is 10.1. The number of benzene rings is 1. The first-order valence-corrected chi connectivity index (χ1v) is 10.3. The number of carbonyl (C=O) groups is 1. The minimum Gasteiger partial charge on any atom is -0.482 e. The third-order valence-corrected chi connectivity index (χ3v) is 5.38. The van der Waals surface area contributed by atoms with Crippen molar-refractivity contribution in [3.05, 3.63) is 67.5 Å². The molecule has 4 rings (SSSR count). The average Bonchev–Trinajstić information content (AvgIpc) is 3.11. The molecule has 160 valence electrons. The molecule has 0 spiro atoms. The van der Waals surface area contributed by atoms with Crippen molar-refractivity contribution in [2.24, 2.45) is 0 Å². The predicted octanol–water partition coefficient (Wildman–Crippen LogP) is 3.50. The molecule has 0 saturated heterocycles. The number of nitrogen functional groups attached to an aromatic ring is 1. The van der Waals surface area contributed by atoms with Crippen LogP contribution < -0.4 is 15.4 Å². The Balaban J connectivity index is 1.86. The molecule has 2 N–H and O–H groups in total. The van der Waals surface area contributed by atoms with Gasteiger partial charge in [0.1, 0.15) is 11.4 Å². The summed E-state index contributed by atoms with van der Waals surface area (Å²) in [6.07, 6.45) is 5.65. The summed E-state index contributed by atoms with van der Waals surface area (Å²) in [5.74, 6) is 0.665. The van der Waals surface area contributed by atoms with Crippen LogP contribution in [0.1, 0.15) is 12.6 Å². The summed E-state index contributed by atoms with van der Waals surface area (Å²) >= 11 is 0. The fraction of sp³-hybridized carbons (Fsp3) is 0.250. The maximum absolute atomic E-state index is 12.3. The van der Waals surface area contributed by atoms with Gasteiger partial charge in [0.25, 0.3) is 5.91 Å². The SMILES string of the molecule is C=CCN(CC=C)Cc1c(-c2ccc3c(c2)N(CC)C(=O)CO3)nc2ccc(N)cn12. The van der Waals surface area contributed by atoms with Gasteiger partial charge < -0.3 is 19.8 Å². The number of nitrogens with two attached hydrogens (primary N) is 1. The monoisotopic (exact) mass is 417 g/mol. The lowest BCUT2D eigenvalue weighted by molar-refractivity contribution is -0.121. The largest absolute Gasteiger partial charge is 0.482 e.